The molecule has 0 aromatic carbocycles. The summed E-state index contributed by atoms with van der Waals surface area (Å²) in [6.07, 6.45) is 0.0681. The number of hydrogen-bond donors (Lipinski definition) is 2. The Bertz CT molecular complexity index is 237. The molecule has 0 aliphatic heterocycles. The van der Waals surface area contributed by atoms with E-state index in [1.165, 1.54) is 12.2 Å². The van der Waals surface area contributed by atoms with E-state index in [9.17, 15) is 9.59 Å². The molecule has 0 bridgehead atoms. The Morgan fingerprint density at radius 3 is 2.50 bits per heavy atom. The number of hydroxylamine groups is 2. The summed E-state index contributed by atoms with van der Waals surface area (Å²) in [7, 11) is 2.96. The van der Waals surface area contributed by atoms with Crippen molar-refractivity contribution in [3.05, 3.63) is 0 Å². The molecular weight excluding hydrogens is 188 g/mol. The molecule has 0 aromatic rings. The Morgan fingerprint density at radius 2 is 2.07 bits per heavy atom. The van der Waals surface area contributed by atoms with Crippen LogP contribution < -0.4 is 5.32 Å². The second kappa shape index (κ2) is 4.28. The molecule has 14 heavy (non-hydrogen) atoms. The van der Waals surface area contributed by atoms with Crippen molar-refractivity contribution >= 4 is 12.0 Å². The number of carboxylic acid groups (broad SMARTS) is 1. The maximum absolute atomic E-state index is 11.4. The molecule has 0 spiro atoms. The normalized spacial score (nSPS) is 25.0. The predicted molar refractivity (Wildman–Crippen MR) is 47.5 cm³/mol. The van der Waals surface area contributed by atoms with Crippen molar-refractivity contribution < 1.29 is 19.5 Å². The van der Waals surface area contributed by atoms with Crippen molar-refractivity contribution in [2.45, 2.75) is 18.9 Å². The molecule has 6 nitrogen and oxygen atoms in total. The van der Waals surface area contributed by atoms with Gasteiger partial charge in [0.15, 0.2) is 0 Å². The Balaban J connectivity index is 2.27. The highest BCUT2D eigenvalue weighted by Crippen LogP contribution is 2.28. The summed E-state index contributed by atoms with van der Waals surface area (Å²) < 4.78 is 0. The summed E-state index contributed by atoms with van der Waals surface area (Å²) in [4.78, 5) is 26.4. The molecule has 2 amide bonds. The van der Waals surface area contributed by atoms with Crippen molar-refractivity contribution in [1.29, 1.82) is 0 Å². The first-order valence-corrected chi connectivity index (χ1v) is 4.35. The molecule has 0 unspecified atom stereocenters. The lowest BCUT2D eigenvalue weighted by Gasteiger charge is -2.35. The van der Waals surface area contributed by atoms with Gasteiger partial charge >= 0.3 is 6.09 Å². The van der Waals surface area contributed by atoms with E-state index in [0.29, 0.717) is 12.8 Å². The third-order valence-corrected chi connectivity index (χ3v) is 2.40. The Morgan fingerprint density at radius 1 is 1.50 bits per heavy atom. The van der Waals surface area contributed by atoms with Crippen molar-refractivity contribution in [2.75, 3.05) is 14.2 Å². The number of nitrogens with zero attached hydrogens (tertiary/aromatic N) is 1. The maximum atomic E-state index is 11.4. The summed E-state index contributed by atoms with van der Waals surface area (Å²) in [5.74, 6) is -0.215. The Hall–Kier alpha value is -1.30. The van der Waals surface area contributed by atoms with Crippen molar-refractivity contribution in [3.63, 3.8) is 0 Å². The van der Waals surface area contributed by atoms with E-state index >= 15 is 0 Å². The fraction of sp³-hybridized carbons (Fsp3) is 0.750. The summed E-state index contributed by atoms with van der Waals surface area (Å²) >= 11 is 0. The minimum Gasteiger partial charge on any atom is -0.465 e. The number of nitrogens with one attached hydrogen (secondary N) is 1. The third-order valence-electron chi connectivity index (χ3n) is 2.40. The molecule has 0 heterocycles. The van der Waals surface area contributed by atoms with E-state index in [1.54, 1.807) is 7.05 Å². The van der Waals surface area contributed by atoms with Crippen LogP contribution in [0.25, 0.3) is 0 Å². The van der Waals surface area contributed by atoms with Crippen molar-refractivity contribution in [2.24, 2.45) is 5.92 Å². The molecule has 1 aliphatic rings. The zero-order valence-corrected chi connectivity index (χ0v) is 8.19. The predicted octanol–water partition coefficient (Wildman–Crippen LogP) is 0.0524. The monoisotopic (exact) mass is 202 g/mol. The summed E-state index contributed by atoms with van der Waals surface area (Å²) in [6.45, 7) is 0. The largest absolute Gasteiger partial charge is 0.465 e. The molecule has 1 fully saturated rings. The second-order valence-corrected chi connectivity index (χ2v) is 3.33. The van der Waals surface area contributed by atoms with Gasteiger partial charge in [-0.2, -0.15) is 0 Å². The van der Waals surface area contributed by atoms with Crippen LogP contribution in [0.1, 0.15) is 12.8 Å². The highest BCUT2D eigenvalue weighted by Gasteiger charge is 2.37. The first-order chi connectivity index (χ1) is 6.54. The van der Waals surface area contributed by atoms with Gasteiger partial charge in [-0.05, 0) is 12.8 Å². The van der Waals surface area contributed by atoms with Crippen molar-refractivity contribution in [1.82, 2.24) is 10.4 Å². The lowest BCUT2D eigenvalue weighted by molar-refractivity contribution is -0.176. The van der Waals surface area contributed by atoms with Gasteiger partial charge in [-0.25, -0.2) is 9.86 Å². The minimum absolute atomic E-state index is 0.0910. The minimum atomic E-state index is -1.04. The summed E-state index contributed by atoms with van der Waals surface area (Å²) in [5.41, 5.74) is 0. The van der Waals surface area contributed by atoms with Gasteiger partial charge in [0.25, 0.3) is 0 Å². The van der Waals surface area contributed by atoms with Gasteiger partial charge in [0.05, 0.1) is 7.11 Å². The van der Waals surface area contributed by atoms with Crippen LogP contribution in [0.15, 0.2) is 0 Å². The molecule has 2 N–H and O–H groups in total. The first kappa shape index (κ1) is 10.8. The van der Waals surface area contributed by atoms with Gasteiger partial charge in [0, 0.05) is 19.0 Å². The van der Waals surface area contributed by atoms with Crippen LogP contribution in [-0.2, 0) is 9.63 Å². The number of amides is 2. The average Bonchev–Trinajstić information content (AvgIpc) is 2.07. The van der Waals surface area contributed by atoms with Crippen LogP contribution in [0.2, 0.25) is 0 Å². The standard InChI is InChI=1S/C8H14N2O4/c1-10(14-2)7(11)5-3-6(4-5)9-8(12)13/h5-6,9H,3-4H2,1-2H3,(H,12,13)/t5-,6+. The van der Waals surface area contributed by atoms with Crippen LogP contribution in [0.4, 0.5) is 4.79 Å². The molecule has 1 rings (SSSR count). The Kier molecular flexibility index (Phi) is 3.29. The molecular formula is C8H14N2O4. The number of carbonyl (C=O) groups is 2. The summed E-state index contributed by atoms with van der Waals surface area (Å²) in [5, 5.41) is 11.9. The number of hydrogen-bond acceptors (Lipinski definition) is 3. The fourth-order valence-corrected chi connectivity index (χ4v) is 1.46. The van der Waals surface area contributed by atoms with Crippen LogP contribution in [-0.4, -0.2) is 42.4 Å². The molecule has 1 aliphatic carbocycles. The molecule has 80 valence electrons. The second-order valence-electron chi connectivity index (χ2n) is 3.33. The highest BCUT2D eigenvalue weighted by molar-refractivity contribution is 5.79. The molecule has 6 heteroatoms. The van der Waals surface area contributed by atoms with Gasteiger partial charge in [-0.1, -0.05) is 0 Å². The molecule has 0 atom stereocenters. The van der Waals surface area contributed by atoms with Crippen molar-refractivity contribution in [3.8, 4) is 0 Å². The van der Waals surface area contributed by atoms with E-state index in [1.807, 2.05) is 0 Å². The number of carbonyl (C=O) groups excluding carboxylic acids is 1. The van der Waals surface area contributed by atoms with E-state index in [4.69, 9.17) is 9.94 Å². The first-order valence-electron chi connectivity index (χ1n) is 4.35. The van der Waals surface area contributed by atoms with Crippen LogP contribution >= 0.6 is 0 Å². The lowest BCUT2D eigenvalue weighted by Crippen LogP contribution is -2.49. The molecule has 0 saturated heterocycles. The van der Waals surface area contributed by atoms with Crippen LogP contribution in [0, 0.1) is 5.92 Å². The van der Waals surface area contributed by atoms with Gasteiger partial charge < -0.3 is 10.4 Å². The van der Waals surface area contributed by atoms with Gasteiger partial charge in [-0.15, -0.1) is 0 Å². The lowest BCUT2D eigenvalue weighted by atomic mass is 9.79. The fourth-order valence-electron chi connectivity index (χ4n) is 1.46. The topological polar surface area (TPSA) is 78.9 Å². The zero-order valence-electron chi connectivity index (χ0n) is 8.19. The third kappa shape index (κ3) is 2.35. The van der Waals surface area contributed by atoms with Gasteiger partial charge in [0.2, 0.25) is 5.91 Å². The zero-order chi connectivity index (χ0) is 10.7. The Labute approximate surface area is 81.8 Å². The smallest absolute Gasteiger partial charge is 0.404 e. The van der Waals surface area contributed by atoms with Crippen LogP contribution in [0.5, 0.6) is 0 Å². The maximum Gasteiger partial charge on any atom is 0.404 e. The van der Waals surface area contributed by atoms with E-state index < -0.39 is 6.09 Å². The van der Waals surface area contributed by atoms with Gasteiger partial charge in [0.1, 0.15) is 0 Å². The summed E-state index contributed by atoms with van der Waals surface area (Å²) in [6, 6.07) is -0.0910. The highest BCUT2D eigenvalue weighted by atomic mass is 16.7. The quantitative estimate of drug-likeness (QED) is 0.634. The van der Waals surface area contributed by atoms with Gasteiger partial charge in [-0.3, -0.25) is 9.63 Å². The van der Waals surface area contributed by atoms with Crippen LogP contribution in [0.3, 0.4) is 0 Å². The van der Waals surface area contributed by atoms with E-state index in [-0.39, 0.29) is 17.9 Å². The number of rotatable bonds is 3. The molecule has 1 saturated carbocycles. The molecule has 0 radical (unpaired) electrons. The van der Waals surface area contributed by atoms with E-state index in [2.05, 4.69) is 5.32 Å². The van der Waals surface area contributed by atoms with E-state index in [0.717, 1.165) is 0 Å². The SMILES string of the molecule is CON(C)C(=O)[C@H]1C[C@@H](NC(=O)O)C1. The molecule has 0 aromatic heterocycles. The average molecular weight is 202 g/mol.